The van der Waals surface area contributed by atoms with Crippen LogP contribution in [0.4, 0.5) is 0 Å². The zero-order chi connectivity index (χ0) is 6.69. The summed E-state index contributed by atoms with van der Waals surface area (Å²) in [7, 11) is 0. The summed E-state index contributed by atoms with van der Waals surface area (Å²) in [5.41, 5.74) is -0.347. The van der Waals surface area contributed by atoms with Crippen molar-refractivity contribution < 1.29 is 22.2 Å². The van der Waals surface area contributed by atoms with Crippen LogP contribution in [-0.2, 0) is 17.1 Å². The Morgan fingerprint density at radius 1 is 1.10 bits per heavy atom. The molecule has 0 unspecified atom stereocenters. The standard InChI is InChI=1S/C7H6O2.Fe/c8-6-4-2-1-3-5-7(6)9;/h1-5H,(H,8,9);. The van der Waals surface area contributed by atoms with Crippen molar-refractivity contribution in [3.63, 3.8) is 0 Å². The summed E-state index contributed by atoms with van der Waals surface area (Å²) in [4.78, 5) is 10.6. The monoisotopic (exact) mass is 178 g/mol. The molecule has 0 radical (unpaired) electrons. The summed E-state index contributed by atoms with van der Waals surface area (Å²) in [5.74, 6) is -0.208. The third-order valence-electron chi connectivity index (χ3n) is 0.976. The van der Waals surface area contributed by atoms with E-state index >= 15 is 0 Å². The van der Waals surface area contributed by atoms with E-state index in [1.807, 2.05) is 0 Å². The molecular weight excluding hydrogens is 172 g/mol. The minimum absolute atomic E-state index is 0. The SMILES string of the molecule is O=c1cccccc1O.[Fe]. The first-order chi connectivity index (χ1) is 4.30. The van der Waals surface area contributed by atoms with Gasteiger partial charge in [0.25, 0.3) is 0 Å². The topological polar surface area (TPSA) is 37.3 Å². The molecule has 1 aromatic rings. The molecule has 1 rings (SSSR count). The average molecular weight is 178 g/mol. The van der Waals surface area contributed by atoms with Crippen LogP contribution in [0, 0.1) is 0 Å². The minimum atomic E-state index is -0.347. The molecule has 0 aliphatic heterocycles. The van der Waals surface area contributed by atoms with Crippen LogP contribution < -0.4 is 5.43 Å². The van der Waals surface area contributed by atoms with Gasteiger partial charge in [-0.15, -0.1) is 0 Å². The Morgan fingerprint density at radius 3 is 2.40 bits per heavy atom. The largest absolute Gasteiger partial charge is 0.504 e. The number of hydrogen-bond acceptors (Lipinski definition) is 2. The molecule has 0 aromatic heterocycles. The second-order valence-electron chi connectivity index (χ2n) is 1.66. The quantitative estimate of drug-likeness (QED) is 0.595. The Labute approximate surface area is 69.0 Å². The van der Waals surface area contributed by atoms with E-state index in [0.29, 0.717) is 0 Å². The van der Waals surface area contributed by atoms with Gasteiger partial charge in [0.1, 0.15) is 0 Å². The minimum Gasteiger partial charge on any atom is -0.504 e. The summed E-state index contributed by atoms with van der Waals surface area (Å²) in [6.07, 6.45) is 0. The first-order valence-electron chi connectivity index (χ1n) is 2.59. The summed E-state index contributed by atoms with van der Waals surface area (Å²) in [6, 6.07) is 7.55. The maximum Gasteiger partial charge on any atom is 0.220 e. The van der Waals surface area contributed by atoms with Gasteiger partial charge in [-0.3, -0.25) is 4.79 Å². The predicted molar refractivity (Wildman–Crippen MR) is 34.4 cm³/mol. The van der Waals surface area contributed by atoms with Crippen LogP contribution in [0.2, 0.25) is 0 Å². The molecule has 1 aromatic carbocycles. The number of hydrogen-bond donors (Lipinski definition) is 1. The molecule has 0 saturated heterocycles. The third-order valence-corrected chi connectivity index (χ3v) is 0.976. The molecule has 0 aliphatic rings. The third kappa shape index (κ3) is 2.21. The number of rotatable bonds is 0. The van der Waals surface area contributed by atoms with Crippen LogP contribution in [0.5, 0.6) is 5.75 Å². The summed E-state index contributed by atoms with van der Waals surface area (Å²) in [5, 5.41) is 8.77. The van der Waals surface area contributed by atoms with E-state index in [4.69, 9.17) is 5.11 Å². The smallest absolute Gasteiger partial charge is 0.220 e. The molecule has 0 atom stereocenters. The maximum atomic E-state index is 10.6. The molecule has 0 spiro atoms. The Morgan fingerprint density at radius 2 is 1.70 bits per heavy atom. The van der Waals surface area contributed by atoms with Crippen molar-refractivity contribution in [2.75, 3.05) is 0 Å². The van der Waals surface area contributed by atoms with Gasteiger partial charge >= 0.3 is 0 Å². The van der Waals surface area contributed by atoms with Crippen LogP contribution in [0.15, 0.2) is 35.1 Å². The van der Waals surface area contributed by atoms with Crippen LogP contribution >= 0.6 is 0 Å². The van der Waals surface area contributed by atoms with E-state index in [1.54, 1.807) is 18.2 Å². The first-order valence-corrected chi connectivity index (χ1v) is 2.59. The van der Waals surface area contributed by atoms with Crippen LogP contribution in [0.3, 0.4) is 0 Å². The molecule has 2 nitrogen and oxygen atoms in total. The zero-order valence-corrected chi connectivity index (χ0v) is 6.20. The van der Waals surface area contributed by atoms with Crippen LogP contribution in [-0.4, -0.2) is 5.11 Å². The summed E-state index contributed by atoms with van der Waals surface area (Å²) >= 11 is 0. The molecule has 0 saturated carbocycles. The van der Waals surface area contributed by atoms with Crippen LogP contribution in [0.1, 0.15) is 0 Å². The Hall–Kier alpha value is -0.791. The van der Waals surface area contributed by atoms with Crippen molar-refractivity contribution in [3.8, 4) is 5.75 Å². The van der Waals surface area contributed by atoms with Gasteiger partial charge in [0, 0.05) is 17.1 Å². The molecule has 0 bridgehead atoms. The zero-order valence-electron chi connectivity index (χ0n) is 5.10. The Bertz CT molecular complexity index is 259. The van der Waals surface area contributed by atoms with E-state index in [9.17, 15) is 4.79 Å². The van der Waals surface area contributed by atoms with Crippen molar-refractivity contribution >= 4 is 0 Å². The van der Waals surface area contributed by atoms with Crippen molar-refractivity contribution in [2.24, 2.45) is 0 Å². The second kappa shape index (κ2) is 4.09. The predicted octanol–water partition coefficient (Wildman–Crippen LogP) is 0.750. The second-order valence-corrected chi connectivity index (χ2v) is 1.66. The number of aromatic hydroxyl groups is 1. The average Bonchev–Trinajstić information content (AvgIpc) is 1.99. The van der Waals surface area contributed by atoms with Gasteiger partial charge in [0.05, 0.1) is 0 Å². The van der Waals surface area contributed by atoms with E-state index in [2.05, 4.69) is 0 Å². The molecule has 0 aliphatic carbocycles. The van der Waals surface area contributed by atoms with Gasteiger partial charge in [-0.25, -0.2) is 0 Å². The van der Waals surface area contributed by atoms with Gasteiger partial charge in [-0.2, -0.15) is 0 Å². The van der Waals surface area contributed by atoms with Crippen molar-refractivity contribution in [3.05, 3.63) is 40.6 Å². The van der Waals surface area contributed by atoms with Crippen molar-refractivity contribution in [1.82, 2.24) is 0 Å². The molecular formula is C7H6FeO2. The summed E-state index contributed by atoms with van der Waals surface area (Å²) in [6.45, 7) is 0. The van der Waals surface area contributed by atoms with Gasteiger partial charge in [0.2, 0.25) is 5.43 Å². The normalized spacial score (nSPS) is 8.00. The summed E-state index contributed by atoms with van der Waals surface area (Å²) < 4.78 is 0. The molecule has 1 N–H and O–H groups in total. The van der Waals surface area contributed by atoms with Gasteiger partial charge in [-0.1, -0.05) is 18.2 Å². The van der Waals surface area contributed by atoms with E-state index in [1.165, 1.54) is 12.1 Å². The Balaban J connectivity index is 0.000000810. The molecule has 54 valence electrons. The molecule has 0 amide bonds. The first kappa shape index (κ1) is 9.21. The van der Waals surface area contributed by atoms with Crippen molar-refractivity contribution in [1.29, 1.82) is 0 Å². The van der Waals surface area contributed by atoms with Gasteiger partial charge in [-0.05, 0) is 12.1 Å². The molecule has 10 heavy (non-hydrogen) atoms. The fourth-order valence-corrected chi connectivity index (χ4v) is 0.521. The molecule has 0 heterocycles. The molecule has 0 fully saturated rings. The van der Waals surface area contributed by atoms with Gasteiger partial charge < -0.3 is 5.11 Å². The fraction of sp³-hybridized carbons (Fsp3) is 0. The van der Waals surface area contributed by atoms with E-state index in [-0.39, 0.29) is 28.2 Å². The Kier molecular flexibility index (Phi) is 3.77. The van der Waals surface area contributed by atoms with E-state index < -0.39 is 0 Å². The van der Waals surface area contributed by atoms with Gasteiger partial charge in [0.15, 0.2) is 5.75 Å². The van der Waals surface area contributed by atoms with E-state index in [0.717, 1.165) is 0 Å². The molecule has 3 heteroatoms. The fourth-order valence-electron chi connectivity index (χ4n) is 0.521. The maximum absolute atomic E-state index is 10.6. The van der Waals surface area contributed by atoms with Crippen LogP contribution in [0.25, 0.3) is 0 Å². The van der Waals surface area contributed by atoms with Crippen molar-refractivity contribution in [2.45, 2.75) is 0 Å².